The Morgan fingerprint density at radius 1 is 1.29 bits per heavy atom. The van der Waals surface area contributed by atoms with Gasteiger partial charge in [0.05, 0.1) is 17.8 Å². The fourth-order valence-corrected chi connectivity index (χ4v) is 3.08. The van der Waals surface area contributed by atoms with Crippen molar-refractivity contribution >= 4 is 40.7 Å². The standard InChI is InChI=1S/C17H20Cl3N3O/c1-10(2)6-7-21-17(24)15-11(3)22-23(16(15)20)9-12-4-5-13(18)8-14(12)19/h4-5,8,10H,6-7,9H2,1-3H3,(H,21,24). The van der Waals surface area contributed by atoms with Crippen molar-refractivity contribution in [3.05, 3.63) is 50.2 Å². The van der Waals surface area contributed by atoms with Crippen molar-refractivity contribution in [3.8, 4) is 0 Å². The summed E-state index contributed by atoms with van der Waals surface area (Å²) in [4.78, 5) is 12.4. The number of hydrogen-bond acceptors (Lipinski definition) is 2. The summed E-state index contributed by atoms with van der Waals surface area (Å²) in [6.45, 7) is 6.97. The minimum Gasteiger partial charge on any atom is -0.352 e. The first-order chi connectivity index (χ1) is 11.3. The number of hydrogen-bond donors (Lipinski definition) is 1. The minimum atomic E-state index is -0.202. The van der Waals surface area contributed by atoms with E-state index in [1.807, 2.05) is 6.07 Å². The van der Waals surface area contributed by atoms with Crippen LogP contribution in [0.25, 0.3) is 0 Å². The minimum absolute atomic E-state index is 0.202. The van der Waals surface area contributed by atoms with Gasteiger partial charge < -0.3 is 5.32 Å². The summed E-state index contributed by atoms with van der Waals surface area (Å²) >= 11 is 18.5. The van der Waals surface area contributed by atoms with Gasteiger partial charge in [-0.2, -0.15) is 5.10 Å². The van der Waals surface area contributed by atoms with Crippen LogP contribution in [0.5, 0.6) is 0 Å². The summed E-state index contributed by atoms with van der Waals surface area (Å²) in [6, 6.07) is 5.25. The molecule has 0 aliphatic heterocycles. The number of halogens is 3. The molecule has 1 amide bonds. The van der Waals surface area contributed by atoms with E-state index in [1.165, 1.54) is 0 Å². The molecule has 0 radical (unpaired) electrons. The number of benzene rings is 1. The van der Waals surface area contributed by atoms with Gasteiger partial charge in [-0.1, -0.05) is 54.7 Å². The molecule has 130 valence electrons. The molecule has 0 saturated carbocycles. The molecule has 0 aliphatic rings. The SMILES string of the molecule is Cc1nn(Cc2ccc(Cl)cc2Cl)c(Cl)c1C(=O)NCCC(C)C. The zero-order valence-corrected chi connectivity index (χ0v) is 16.1. The smallest absolute Gasteiger partial charge is 0.256 e. The summed E-state index contributed by atoms with van der Waals surface area (Å²) in [6.07, 6.45) is 0.914. The molecule has 0 unspecified atom stereocenters. The Bertz CT molecular complexity index is 741. The number of amides is 1. The maximum absolute atomic E-state index is 12.4. The van der Waals surface area contributed by atoms with Crippen LogP contribution in [0.1, 0.15) is 41.9 Å². The third-order valence-corrected chi connectivity index (χ3v) is 4.61. The Hall–Kier alpha value is -1.23. The number of nitrogens with one attached hydrogen (secondary N) is 1. The second-order valence-electron chi connectivity index (χ2n) is 6.08. The number of carbonyl (C=O) groups excluding carboxylic acids is 1. The van der Waals surface area contributed by atoms with E-state index < -0.39 is 0 Å². The lowest BCUT2D eigenvalue weighted by atomic mass is 10.1. The molecule has 2 aromatic rings. The molecule has 7 heteroatoms. The molecule has 0 atom stereocenters. The van der Waals surface area contributed by atoms with Gasteiger partial charge in [0, 0.05) is 16.6 Å². The lowest BCUT2D eigenvalue weighted by Crippen LogP contribution is -2.26. The number of carbonyl (C=O) groups is 1. The molecular formula is C17H20Cl3N3O. The average molecular weight is 389 g/mol. The predicted octanol–water partition coefficient (Wildman–Crippen LogP) is 4.98. The van der Waals surface area contributed by atoms with Gasteiger partial charge in [0.15, 0.2) is 0 Å². The van der Waals surface area contributed by atoms with Gasteiger partial charge in [0.1, 0.15) is 5.15 Å². The van der Waals surface area contributed by atoms with E-state index in [4.69, 9.17) is 34.8 Å². The van der Waals surface area contributed by atoms with E-state index >= 15 is 0 Å². The maximum atomic E-state index is 12.4. The molecule has 4 nitrogen and oxygen atoms in total. The Kier molecular flexibility index (Phi) is 6.55. The number of aryl methyl sites for hydroxylation is 1. The van der Waals surface area contributed by atoms with Crippen LogP contribution < -0.4 is 5.32 Å². The summed E-state index contributed by atoms with van der Waals surface area (Å²) in [5.74, 6) is 0.322. The van der Waals surface area contributed by atoms with Crippen molar-refractivity contribution in [3.63, 3.8) is 0 Å². The zero-order valence-electron chi connectivity index (χ0n) is 13.9. The monoisotopic (exact) mass is 387 g/mol. The lowest BCUT2D eigenvalue weighted by molar-refractivity contribution is 0.0951. The molecule has 0 saturated heterocycles. The predicted molar refractivity (Wildman–Crippen MR) is 99.3 cm³/mol. The molecule has 1 aromatic carbocycles. The maximum Gasteiger partial charge on any atom is 0.256 e. The molecule has 2 rings (SSSR count). The van der Waals surface area contributed by atoms with Crippen LogP contribution >= 0.6 is 34.8 Å². The zero-order chi connectivity index (χ0) is 17.9. The second-order valence-corrected chi connectivity index (χ2v) is 7.28. The largest absolute Gasteiger partial charge is 0.352 e. The van der Waals surface area contributed by atoms with E-state index in [9.17, 15) is 4.79 Å². The van der Waals surface area contributed by atoms with E-state index in [0.717, 1.165) is 12.0 Å². The van der Waals surface area contributed by atoms with Crippen molar-refractivity contribution in [1.82, 2.24) is 15.1 Å². The van der Waals surface area contributed by atoms with E-state index in [2.05, 4.69) is 24.3 Å². The van der Waals surface area contributed by atoms with Crippen LogP contribution in [0.15, 0.2) is 18.2 Å². The van der Waals surface area contributed by atoms with Gasteiger partial charge in [-0.15, -0.1) is 0 Å². The Balaban J connectivity index is 2.17. The molecule has 0 aliphatic carbocycles. The highest BCUT2D eigenvalue weighted by atomic mass is 35.5. The van der Waals surface area contributed by atoms with E-state index in [1.54, 1.807) is 23.7 Å². The second kappa shape index (κ2) is 8.24. The summed E-state index contributed by atoms with van der Waals surface area (Å²) in [5.41, 5.74) is 1.83. The number of aromatic nitrogens is 2. The van der Waals surface area contributed by atoms with Crippen LogP contribution in [0.2, 0.25) is 15.2 Å². The fourth-order valence-electron chi connectivity index (χ4n) is 2.29. The quantitative estimate of drug-likeness (QED) is 0.759. The van der Waals surface area contributed by atoms with E-state index in [0.29, 0.717) is 45.5 Å². The first-order valence-electron chi connectivity index (χ1n) is 7.74. The summed E-state index contributed by atoms with van der Waals surface area (Å²) < 4.78 is 1.57. The van der Waals surface area contributed by atoms with Crippen LogP contribution in [-0.4, -0.2) is 22.2 Å². The van der Waals surface area contributed by atoms with Crippen molar-refractivity contribution in [2.24, 2.45) is 5.92 Å². The van der Waals surface area contributed by atoms with Crippen LogP contribution in [0.3, 0.4) is 0 Å². The fraction of sp³-hybridized carbons (Fsp3) is 0.412. The number of nitrogens with zero attached hydrogens (tertiary/aromatic N) is 2. The van der Waals surface area contributed by atoms with Gasteiger partial charge in [0.25, 0.3) is 5.91 Å². The topological polar surface area (TPSA) is 46.9 Å². The van der Waals surface area contributed by atoms with Gasteiger partial charge >= 0.3 is 0 Å². The summed E-state index contributed by atoms with van der Waals surface area (Å²) in [7, 11) is 0. The first-order valence-corrected chi connectivity index (χ1v) is 8.88. The van der Waals surface area contributed by atoms with Crippen molar-refractivity contribution in [1.29, 1.82) is 0 Å². The van der Waals surface area contributed by atoms with E-state index in [-0.39, 0.29) is 5.91 Å². The molecule has 1 heterocycles. The molecule has 24 heavy (non-hydrogen) atoms. The van der Waals surface area contributed by atoms with Crippen LogP contribution in [-0.2, 0) is 6.54 Å². The van der Waals surface area contributed by atoms with Crippen molar-refractivity contribution < 1.29 is 4.79 Å². The third-order valence-electron chi connectivity index (χ3n) is 3.63. The highest BCUT2D eigenvalue weighted by Crippen LogP contribution is 2.25. The normalized spacial score (nSPS) is 11.1. The highest BCUT2D eigenvalue weighted by Gasteiger charge is 2.20. The highest BCUT2D eigenvalue weighted by molar-refractivity contribution is 6.35. The van der Waals surface area contributed by atoms with Crippen molar-refractivity contribution in [2.45, 2.75) is 33.7 Å². The van der Waals surface area contributed by atoms with Crippen LogP contribution in [0, 0.1) is 12.8 Å². The van der Waals surface area contributed by atoms with Gasteiger partial charge in [-0.05, 0) is 37.0 Å². The molecular weight excluding hydrogens is 369 g/mol. The Labute approximate surface area is 157 Å². The molecule has 1 N–H and O–H groups in total. The van der Waals surface area contributed by atoms with Gasteiger partial charge in [-0.25, -0.2) is 4.68 Å². The molecule has 0 fully saturated rings. The molecule has 1 aromatic heterocycles. The summed E-state index contributed by atoms with van der Waals surface area (Å²) in [5, 5.41) is 8.66. The van der Waals surface area contributed by atoms with Gasteiger partial charge in [-0.3, -0.25) is 4.79 Å². The first kappa shape index (κ1) is 19.1. The molecule has 0 bridgehead atoms. The molecule has 0 spiro atoms. The Morgan fingerprint density at radius 3 is 2.62 bits per heavy atom. The third kappa shape index (κ3) is 4.65. The lowest BCUT2D eigenvalue weighted by Gasteiger charge is -2.08. The Morgan fingerprint density at radius 2 is 2.00 bits per heavy atom. The van der Waals surface area contributed by atoms with Gasteiger partial charge in [0.2, 0.25) is 0 Å². The number of rotatable bonds is 6. The van der Waals surface area contributed by atoms with Crippen molar-refractivity contribution in [2.75, 3.05) is 6.54 Å². The average Bonchev–Trinajstić information content (AvgIpc) is 2.76. The van der Waals surface area contributed by atoms with Crippen LogP contribution in [0.4, 0.5) is 0 Å².